The van der Waals surface area contributed by atoms with Gasteiger partial charge in [0.2, 0.25) is 0 Å². The lowest BCUT2D eigenvalue weighted by atomic mass is 10.4. The van der Waals surface area contributed by atoms with Crippen molar-refractivity contribution in [1.82, 2.24) is 0 Å². The summed E-state index contributed by atoms with van der Waals surface area (Å²) in [6, 6.07) is 0. The molecule has 0 aliphatic rings. The maximum absolute atomic E-state index is 11.7. The Hall–Kier alpha value is 0.0300. The highest BCUT2D eigenvalue weighted by atomic mass is 31.2. The second-order valence-corrected chi connectivity index (χ2v) is 4.66. The molecule has 2 atom stereocenters. The first kappa shape index (κ1) is 14.0. The molecule has 0 aliphatic carbocycles. The zero-order valence-corrected chi connectivity index (χ0v) is 9.18. The summed E-state index contributed by atoms with van der Waals surface area (Å²) in [4.78, 5) is 0. The van der Waals surface area contributed by atoms with Gasteiger partial charge in [0.15, 0.2) is 5.85 Å². The molecule has 0 heterocycles. The fraction of sp³-hybridized carbons (Fsp3) is 1.00. The number of hydrogen-bond donors (Lipinski definition) is 3. The summed E-state index contributed by atoms with van der Waals surface area (Å²) in [5, 5.41) is 27.0. The van der Waals surface area contributed by atoms with Crippen molar-refractivity contribution in [2.45, 2.75) is 25.8 Å². The van der Waals surface area contributed by atoms with Crippen LogP contribution in [0.15, 0.2) is 0 Å². The average molecular weight is 228 g/mol. The lowest BCUT2D eigenvalue weighted by Gasteiger charge is -2.24. The molecule has 0 spiro atoms. The van der Waals surface area contributed by atoms with Crippen LogP contribution in [0, 0.1) is 0 Å². The van der Waals surface area contributed by atoms with Gasteiger partial charge in [0.05, 0.1) is 19.8 Å². The highest BCUT2D eigenvalue weighted by Crippen LogP contribution is 2.52. The van der Waals surface area contributed by atoms with Gasteiger partial charge in [0.25, 0.3) is 0 Å². The molecule has 0 bridgehead atoms. The summed E-state index contributed by atoms with van der Waals surface area (Å²) < 4.78 is 21.3. The molecule has 0 saturated carbocycles. The Morgan fingerprint density at radius 1 is 1.21 bits per heavy atom. The smallest absolute Gasteiger partial charge is 0.361 e. The van der Waals surface area contributed by atoms with Crippen molar-refractivity contribution in [2.24, 2.45) is 0 Å². The van der Waals surface area contributed by atoms with Crippen LogP contribution >= 0.6 is 7.60 Å². The van der Waals surface area contributed by atoms with E-state index in [2.05, 4.69) is 0 Å². The van der Waals surface area contributed by atoms with E-state index in [1.807, 2.05) is 0 Å². The molecule has 3 N–H and O–H groups in total. The second kappa shape index (κ2) is 6.50. The predicted molar refractivity (Wildman–Crippen MR) is 50.0 cm³/mol. The molecular formula is C7H17O6P. The van der Waals surface area contributed by atoms with Gasteiger partial charge in [-0.1, -0.05) is 0 Å². The molecule has 0 amide bonds. The van der Waals surface area contributed by atoms with Crippen LogP contribution in [0.3, 0.4) is 0 Å². The van der Waals surface area contributed by atoms with Crippen molar-refractivity contribution in [3.8, 4) is 0 Å². The van der Waals surface area contributed by atoms with E-state index in [9.17, 15) is 9.67 Å². The van der Waals surface area contributed by atoms with Crippen LogP contribution in [-0.2, 0) is 13.6 Å². The molecule has 14 heavy (non-hydrogen) atoms. The second-order valence-electron chi connectivity index (χ2n) is 2.54. The van der Waals surface area contributed by atoms with Crippen molar-refractivity contribution < 1.29 is 28.9 Å². The van der Waals surface area contributed by atoms with Crippen molar-refractivity contribution >= 4 is 7.60 Å². The highest BCUT2D eigenvalue weighted by Gasteiger charge is 2.38. The van der Waals surface area contributed by atoms with Crippen LogP contribution in [0.2, 0.25) is 0 Å². The molecule has 6 nitrogen and oxygen atoms in total. The van der Waals surface area contributed by atoms with E-state index in [1.165, 1.54) is 0 Å². The topological polar surface area (TPSA) is 96.2 Å². The van der Waals surface area contributed by atoms with Crippen LogP contribution in [0.1, 0.15) is 13.8 Å². The summed E-state index contributed by atoms with van der Waals surface area (Å²) in [5.41, 5.74) is 0. The van der Waals surface area contributed by atoms with Gasteiger partial charge in [-0.05, 0) is 13.8 Å². The first-order valence-corrected chi connectivity index (χ1v) is 5.98. The van der Waals surface area contributed by atoms with Crippen molar-refractivity contribution in [2.75, 3.05) is 19.8 Å². The number of hydrogen-bond acceptors (Lipinski definition) is 6. The third-order valence-electron chi connectivity index (χ3n) is 1.47. The summed E-state index contributed by atoms with van der Waals surface area (Å²) >= 11 is 0. The third kappa shape index (κ3) is 3.65. The summed E-state index contributed by atoms with van der Waals surface area (Å²) in [6.45, 7) is 2.65. The van der Waals surface area contributed by atoms with Crippen LogP contribution < -0.4 is 0 Å². The van der Waals surface area contributed by atoms with Gasteiger partial charge in [0, 0.05) is 0 Å². The van der Waals surface area contributed by atoms with E-state index in [1.54, 1.807) is 13.8 Å². The van der Waals surface area contributed by atoms with Gasteiger partial charge in [-0.2, -0.15) is 0 Å². The predicted octanol–water partition coefficient (Wildman–Crippen LogP) is -0.0759. The van der Waals surface area contributed by atoms with Crippen molar-refractivity contribution in [3.63, 3.8) is 0 Å². The largest absolute Gasteiger partial charge is 0.394 e. The SMILES string of the molecule is CCOP(=O)(OCC)[C@@H](O)[C@H](O)CO. The normalized spacial score (nSPS) is 16.6. The van der Waals surface area contributed by atoms with Crippen LogP contribution in [0.25, 0.3) is 0 Å². The van der Waals surface area contributed by atoms with Crippen molar-refractivity contribution in [3.05, 3.63) is 0 Å². The molecule has 0 fully saturated rings. The monoisotopic (exact) mass is 228 g/mol. The molecule has 0 radical (unpaired) electrons. The minimum atomic E-state index is -3.74. The van der Waals surface area contributed by atoms with E-state index in [4.69, 9.17) is 19.3 Å². The highest BCUT2D eigenvalue weighted by molar-refractivity contribution is 7.54. The first-order valence-electron chi connectivity index (χ1n) is 4.37. The Morgan fingerprint density at radius 3 is 1.93 bits per heavy atom. The van der Waals surface area contributed by atoms with Crippen LogP contribution in [-0.4, -0.2) is 47.1 Å². The van der Waals surface area contributed by atoms with Gasteiger partial charge < -0.3 is 24.4 Å². The van der Waals surface area contributed by atoms with Gasteiger partial charge >= 0.3 is 7.60 Å². The lowest BCUT2D eigenvalue weighted by molar-refractivity contribution is 0.00660. The number of aliphatic hydroxyl groups excluding tert-OH is 3. The maximum Gasteiger partial charge on any atom is 0.361 e. The minimum absolute atomic E-state index is 0.0898. The number of rotatable bonds is 7. The summed E-state index contributed by atoms with van der Waals surface area (Å²) in [7, 11) is -3.74. The summed E-state index contributed by atoms with van der Waals surface area (Å²) in [5.74, 6) is -1.72. The zero-order chi connectivity index (χ0) is 11.2. The fourth-order valence-electron chi connectivity index (χ4n) is 0.855. The molecule has 0 aromatic rings. The third-order valence-corrected chi connectivity index (χ3v) is 3.70. The Kier molecular flexibility index (Phi) is 6.52. The van der Waals surface area contributed by atoms with Gasteiger partial charge in [-0.25, -0.2) is 0 Å². The van der Waals surface area contributed by atoms with Crippen LogP contribution in [0.4, 0.5) is 0 Å². The average Bonchev–Trinajstić information content (AvgIpc) is 2.16. The molecular weight excluding hydrogens is 211 g/mol. The minimum Gasteiger partial charge on any atom is -0.394 e. The van der Waals surface area contributed by atoms with Gasteiger partial charge in [-0.15, -0.1) is 0 Å². The van der Waals surface area contributed by atoms with Crippen molar-refractivity contribution in [1.29, 1.82) is 0 Å². The molecule has 86 valence electrons. The quantitative estimate of drug-likeness (QED) is 0.527. The van der Waals surface area contributed by atoms with E-state index in [0.717, 1.165) is 0 Å². The molecule has 0 aliphatic heterocycles. The van der Waals surface area contributed by atoms with E-state index < -0.39 is 26.2 Å². The van der Waals surface area contributed by atoms with Crippen LogP contribution in [0.5, 0.6) is 0 Å². The zero-order valence-electron chi connectivity index (χ0n) is 8.29. The standard InChI is InChI=1S/C7H17O6P/c1-3-12-14(11,13-4-2)7(10)6(9)5-8/h6-10H,3-5H2,1-2H3/t6-,7-/m1/s1. The lowest BCUT2D eigenvalue weighted by Crippen LogP contribution is -2.30. The summed E-state index contributed by atoms with van der Waals surface area (Å²) in [6.07, 6.45) is -1.53. The Labute approximate surface area is 83.0 Å². The van der Waals surface area contributed by atoms with E-state index in [-0.39, 0.29) is 13.2 Å². The molecule has 0 unspecified atom stereocenters. The molecule has 0 saturated heterocycles. The van der Waals surface area contributed by atoms with E-state index in [0.29, 0.717) is 0 Å². The van der Waals surface area contributed by atoms with Gasteiger partial charge in [0.1, 0.15) is 6.10 Å². The molecule has 7 heteroatoms. The maximum atomic E-state index is 11.7. The number of aliphatic hydroxyl groups is 3. The Morgan fingerprint density at radius 2 is 1.64 bits per heavy atom. The fourth-order valence-corrected chi connectivity index (χ4v) is 2.47. The van der Waals surface area contributed by atoms with E-state index >= 15 is 0 Å². The van der Waals surface area contributed by atoms with Gasteiger partial charge in [-0.3, -0.25) is 4.57 Å². The molecule has 0 aromatic heterocycles. The first-order chi connectivity index (χ1) is 6.51. The molecule has 0 rings (SSSR count). The Balaban J connectivity index is 4.54. The Bertz CT molecular complexity index is 187. The molecule has 0 aromatic carbocycles.